The van der Waals surface area contributed by atoms with Crippen molar-refractivity contribution in [3.8, 4) is 0 Å². The van der Waals surface area contributed by atoms with Crippen molar-refractivity contribution >= 4 is 0 Å². The molecule has 0 atom stereocenters. The van der Waals surface area contributed by atoms with Gasteiger partial charge in [0.2, 0.25) is 11.9 Å². The maximum absolute atomic E-state index is 12.7. The van der Waals surface area contributed by atoms with Crippen molar-refractivity contribution in [3.05, 3.63) is 11.9 Å². The van der Waals surface area contributed by atoms with Gasteiger partial charge in [-0.25, -0.2) is 0 Å². The standard InChI is InChI=1S/C8H16F2N2/c1-5(2)11-7(9)8(10)12-6(3)4/h5-6,11-12H,1-4H3. The summed E-state index contributed by atoms with van der Waals surface area (Å²) in [6.07, 6.45) is 0. The van der Waals surface area contributed by atoms with Crippen molar-refractivity contribution in [3.63, 3.8) is 0 Å². The lowest BCUT2D eigenvalue weighted by atomic mass is 10.4. The van der Waals surface area contributed by atoms with Gasteiger partial charge < -0.3 is 10.6 Å². The van der Waals surface area contributed by atoms with E-state index in [9.17, 15) is 8.78 Å². The van der Waals surface area contributed by atoms with Crippen molar-refractivity contribution in [1.29, 1.82) is 0 Å². The van der Waals surface area contributed by atoms with Gasteiger partial charge in [0.05, 0.1) is 0 Å². The Kier molecular flexibility index (Phi) is 4.62. The Balaban J connectivity index is 4.06. The van der Waals surface area contributed by atoms with Gasteiger partial charge >= 0.3 is 0 Å². The molecule has 0 rings (SSSR count). The van der Waals surface area contributed by atoms with Crippen LogP contribution in [0.2, 0.25) is 0 Å². The van der Waals surface area contributed by atoms with Crippen LogP contribution in [0.5, 0.6) is 0 Å². The number of hydrogen-bond acceptors (Lipinski definition) is 2. The van der Waals surface area contributed by atoms with Gasteiger partial charge in [-0.3, -0.25) is 0 Å². The monoisotopic (exact) mass is 178 g/mol. The van der Waals surface area contributed by atoms with Gasteiger partial charge in [-0.1, -0.05) is 0 Å². The summed E-state index contributed by atoms with van der Waals surface area (Å²) in [5.41, 5.74) is 0. The SMILES string of the molecule is CC(C)NC(F)=C(F)NC(C)C. The molecule has 0 aliphatic heterocycles. The zero-order valence-electron chi connectivity index (χ0n) is 7.91. The van der Waals surface area contributed by atoms with Gasteiger partial charge in [0.15, 0.2) is 0 Å². The first-order chi connectivity index (χ1) is 5.43. The van der Waals surface area contributed by atoms with Crippen LogP contribution in [0.1, 0.15) is 27.7 Å². The minimum Gasteiger partial charge on any atom is -0.356 e. The van der Waals surface area contributed by atoms with E-state index < -0.39 is 11.9 Å². The number of hydrogen-bond donors (Lipinski definition) is 2. The normalized spacial score (nSPS) is 13.3. The largest absolute Gasteiger partial charge is 0.356 e. The summed E-state index contributed by atoms with van der Waals surface area (Å²) in [6.45, 7) is 6.95. The van der Waals surface area contributed by atoms with E-state index in [1.54, 1.807) is 27.7 Å². The molecule has 0 radical (unpaired) electrons. The molecule has 0 aromatic rings. The van der Waals surface area contributed by atoms with E-state index in [2.05, 4.69) is 10.6 Å². The van der Waals surface area contributed by atoms with Gasteiger partial charge in [-0.2, -0.15) is 8.78 Å². The highest BCUT2D eigenvalue weighted by Crippen LogP contribution is 2.03. The first-order valence-corrected chi connectivity index (χ1v) is 4.01. The molecule has 72 valence electrons. The Labute approximate surface area is 72.0 Å². The molecule has 4 heteroatoms. The quantitative estimate of drug-likeness (QED) is 0.644. The molecule has 0 saturated heterocycles. The van der Waals surface area contributed by atoms with Crippen LogP contribution >= 0.6 is 0 Å². The Bertz CT molecular complexity index is 146. The van der Waals surface area contributed by atoms with Crippen LogP contribution in [-0.2, 0) is 0 Å². The molecular formula is C8H16F2N2. The van der Waals surface area contributed by atoms with Crippen LogP contribution in [0.4, 0.5) is 8.78 Å². The summed E-state index contributed by atoms with van der Waals surface area (Å²) < 4.78 is 25.5. The molecular weight excluding hydrogens is 162 g/mol. The second-order valence-electron chi connectivity index (χ2n) is 3.23. The third-order valence-corrected chi connectivity index (χ3v) is 1.02. The van der Waals surface area contributed by atoms with Gasteiger partial charge in [-0.15, -0.1) is 0 Å². The predicted octanol–water partition coefficient (Wildman–Crippen LogP) is 2.05. The van der Waals surface area contributed by atoms with Crippen LogP contribution in [0.3, 0.4) is 0 Å². The molecule has 0 unspecified atom stereocenters. The molecule has 0 aromatic heterocycles. The molecule has 0 aliphatic rings. The Morgan fingerprint density at radius 2 is 1.08 bits per heavy atom. The summed E-state index contributed by atoms with van der Waals surface area (Å²) >= 11 is 0. The first kappa shape index (κ1) is 11.2. The Morgan fingerprint density at radius 1 is 0.833 bits per heavy atom. The highest BCUT2D eigenvalue weighted by atomic mass is 19.2. The average Bonchev–Trinajstić information content (AvgIpc) is 1.84. The van der Waals surface area contributed by atoms with E-state index in [1.165, 1.54) is 0 Å². The summed E-state index contributed by atoms with van der Waals surface area (Å²) in [6, 6.07) is -0.213. The molecule has 0 fully saturated rings. The topological polar surface area (TPSA) is 24.1 Å². The van der Waals surface area contributed by atoms with Crippen molar-refractivity contribution in [2.45, 2.75) is 39.8 Å². The maximum Gasteiger partial charge on any atom is 0.240 e. The summed E-state index contributed by atoms with van der Waals surface area (Å²) in [4.78, 5) is 0. The molecule has 2 N–H and O–H groups in total. The van der Waals surface area contributed by atoms with Gasteiger partial charge in [-0.05, 0) is 27.7 Å². The van der Waals surface area contributed by atoms with Gasteiger partial charge in [0.25, 0.3) is 0 Å². The lowest BCUT2D eigenvalue weighted by Crippen LogP contribution is -2.27. The molecule has 0 heterocycles. The summed E-state index contributed by atoms with van der Waals surface area (Å²) in [5, 5.41) is 4.65. The van der Waals surface area contributed by atoms with Crippen molar-refractivity contribution in [1.82, 2.24) is 10.6 Å². The molecule has 0 aliphatic carbocycles. The lowest BCUT2D eigenvalue weighted by molar-refractivity contribution is 0.409. The van der Waals surface area contributed by atoms with Crippen LogP contribution in [0, 0.1) is 0 Å². The van der Waals surface area contributed by atoms with E-state index in [-0.39, 0.29) is 12.1 Å². The summed E-state index contributed by atoms with van der Waals surface area (Å²) in [7, 11) is 0. The predicted molar refractivity (Wildman–Crippen MR) is 45.8 cm³/mol. The highest BCUT2D eigenvalue weighted by molar-refractivity contribution is 4.96. The zero-order valence-corrected chi connectivity index (χ0v) is 7.91. The van der Waals surface area contributed by atoms with Crippen molar-refractivity contribution in [2.24, 2.45) is 0 Å². The third-order valence-electron chi connectivity index (χ3n) is 1.02. The van der Waals surface area contributed by atoms with Crippen molar-refractivity contribution in [2.75, 3.05) is 0 Å². The third kappa shape index (κ3) is 4.93. The highest BCUT2D eigenvalue weighted by Gasteiger charge is 2.07. The number of halogens is 2. The fourth-order valence-electron chi connectivity index (χ4n) is 0.634. The molecule has 0 aromatic carbocycles. The average molecular weight is 178 g/mol. The van der Waals surface area contributed by atoms with Crippen molar-refractivity contribution < 1.29 is 8.78 Å². The van der Waals surface area contributed by atoms with E-state index in [0.29, 0.717) is 0 Å². The summed E-state index contributed by atoms with van der Waals surface area (Å²) in [5.74, 6) is -1.86. The van der Waals surface area contributed by atoms with E-state index in [1.807, 2.05) is 0 Å². The van der Waals surface area contributed by atoms with Crippen LogP contribution in [-0.4, -0.2) is 12.1 Å². The minimum atomic E-state index is -0.932. The maximum atomic E-state index is 12.7. The van der Waals surface area contributed by atoms with E-state index >= 15 is 0 Å². The number of rotatable bonds is 4. The second kappa shape index (κ2) is 4.95. The Morgan fingerprint density at radius 3 is 1.25 bits per heavy atom. The van der Waals surface area contributed by atoms with Crippen LogP contribution in [0.15, 0.2) is 11.9 Å². The molecule has 0 saturated carbocycles. The second-order valence-corrected chi connectivity index (χ2v) is 3.23. The van der Waals surface area contributed by atoms with Crippen LogP contribution < -0.4 is 10.6 Å². The molecule has 0 amide bonds. The van der Waals surface area contributed by atoms with Crippen LogP contribution in [0.25, 0.3) is 0 Å². The Hall–Kier alpha value is -0.800. The smallest absolute Gasteiger partial charge is 0.240 e. The van der Waals surface area contributed by atoms with E-state index in [4.69, 9.17) is 0 Å². The van der Waals surface area contributed by atoms with Gasteiger partial charge in [0, 0.05) is 12.1 Å². The minimum absolute atomic E-state index is 0.107. The fraction of sp³-hybridized carbons (Fsp3) is 0.750. The molecule has 0 bridgehead atoms. The lowest BCUT2D eigenvalue weighted by Gasteiger charge is -2.11. The fourth-order valence-corrected chi connectivity index (χ4v) is 0.634. The zero-order chi connectivity index (χ0) is 9.72. The van der Waals surface area contributed by atoms with E-state index in [0.717, 1.165) is 0 Å². The van der Waals surface area contributed by atoms with Gasteiger partial charge in [0.1, 0.15) is 0 Å². The molecule has 2 nitrogen and oxygen atoms in total. The molecule has 0 spiro atoms. The first-order valence-electron chi connectivity index (χ1n) is 4.01. The number of nitrogens with one attached hydrogen (secondary N) is 2. The molecule has 12 heavy (non-hydrogen) atoms.